The van der Waals surface area contributed by atoms with Gasteiger partial charge in [-0.15, -0.1) is 11.3 Å². The summed E-state index contributed by atoms with van der Waals surface area (Å²) < 4.78 is 11.2. The first-order valence-corrected chi connectivity index (χ1v) is 13.2. The van der Waals surface area contributed by atoms with Gasteiger partial charge in [0.25, 0.3) is 5.91 Å². The van der Waals surface area contributed by atoms with Crippen molar-refractivity contribution in [3.05, 3.63) is 81.8 Å². The third kappa shape index (κ3) is 5.13. The van der Waals surface area contributed by atoms with Crippen molar-refractivity contribution in [1.29, 1.82) is 0 Å². The number of hydrogen-bond acceptors (Lipinski definition) is 6. The number of ether oxygens (including phenoxy) is 2. The monoisotopic (exact) mass is 522 g/mol. The Hall–Kier alpha value is -3.23. The van der Waals surface area contributed by atoms with Crippen molar-refractivity contribution in [3.63, 3.8) is 0 Å². The zero-order valence-corrected chi connectivity index (χ0v) is 22.7. The summed E-state index contributed by atoms with van der Waals surface area (Å²) in [5.74, 6) is -1.05. The smallest absolute Gasteiger partial charge is 0.330 e. The molecule has 3 atom stereocenters. The lowest BCUT2D eigenvalue weighted by atomic mass is 9.84. The molecule has 1 saturated heterocycles. The van der Waals surface area contributed by atoms with Crippen molar-refractivity contribution in [3.8, 4) is 5.75 Å². The normalized spacial score (nSPS) is 21.7. The van der Waals surface area contributed by atoms with Gasteiger partial charge in [0.2, 0.25) is 0 Å². The second-order valence-corrected chi connectivity index (χ2v) is 11.5. The van der Waals surface area contributed by atoms with E-state index in [0.717, 1.165) is 11.1 Å². The lowest BCUT2D eigenvalue weighted by Crippen LogP contribution is -2.55. The second-order valence-electron chi connectivity index (χ2n) is 10.6. The highest BCUT2D eigenvalue weighted by atomic mass is 32.1. The Kier molecular flexibility index (Phi) is 7.71. The minimum atomic E-state index is -1.48. The molecule has 0 bridgehead atoms. The van der Waals surface area contributed by atoms with E-state index in [-0.39, 0.29) is 30.1 Å². The SMILES string of the molecule is COC[C@H]1C[C@@](Cc2ccccc2)(C(=O)O)N(C(=O)c2ccc(C(C)(C)C)c(OC)c2)[C@H]1c1nccs1. The molecule has 8 heteroatoms. The molecular weight excluding hydrogens is 488 g/mol. The van der Waals surface area contributed by atoms with Gasteiger partial charge in [-0.1, -0.05) is 57.2 Å². The maximum Gasteiger partial charge on any atom is 0.330 e. The van der Waals surface area contributed by atoms with E-state index in [0.29, 0.717) is 22.9 Å². The number of amides is 1. The van der Waals surface area contributed by atoms with Gasteiger partial charge < -0.3 is 19.5 Å². The predicted molar refractivity (Wildman–Crippen MR) is 143 cm³/mol. The van der Waals surface area contributed by atoms with Gasteiger partial charge in [-0.3, -0.25) is 4.79 Å². The fraction of sp³-hybridized carbons (Fsp3) is 0.414. The van der Waals surface area contributed by atoms with Crippen LogP contribution in [0.15, 0.2) is 60.1 Å². The summed E-state index contributed by atoms with van der Waals surface area (Å²) in [4.78, 5) is 33.6. The summed E-state index contributed by atoms with van der Waals surface area (Å²) in [6.07, 6.45) is 2.11. The third-order valence-corrected chi connectivity index (χ3v) is 7.93. The Labute approximate surface area is 222 Å². The zero-order chi connectivity index (χ0) is 26.8. The van der Waals surface area contributed by atoms with E-state index in [1.807, 2.05) is 41.8 Å². The van der Waals surface area contributed by atoms with Crippen LogP contribution in [0.25, 0.3) is 0 Å². The van der Waals surface area contributed by atoms with E-state index >= 15 is 0 Å². The average Bonchev–Trinajstić information content (AvgIpc) is 3.50. The largest absolute Gasteiger partial charge is 0.496 e. The molecule has 1 aliphatic heterocycles. The van der Waals surface area contributed by atoms with E-state index in [9.17, 15) is 14.7 Å². The van der Waals surface area contributed by atoms with Crippen LogP contribution in [0.2, 0.25) is 0 Å². The van der Waals surface area contributed by atoms with Gasteiger partial charge in [0.15, 0.2) is 0 Å². The number of hydrogen-bond donors (Lipinski definition) is 1. The molecule has 0 saturated carbocycles. The van der Waals surface area contributed by atoms with Crippen LogP contribution in [-0.2, 0) is 21.4 Å². The van der Waals surface area contributed by atoms with E-state index in [1.165, 1.54) is 11.3 Å². The number of likely N-dealkylation sites (tertiary alicyclic amines) is 1. The molecule has 7 nitrogen and oxygen atoms in total. The topological polar surface area (TPSA) is 89.0 Å². The second kappa shape index (κ2) is 10.6. The maximum absolute atomic E-state index is 14.4. The molecule has 1 aromatic heterocycles. The molecule has 1 aliphatic rings. The molecular formula is C29H34N2O5S. The molecule has 3 aromatic rings. The van der Waals surface area contributed by atoms with Gasteiger partial charge in [-0.25, -0.2) is 9.78 Å². The maximum atomic E-state index is 14.4. The van der Waals surface area contributed by atoms with Crippen LogP contribution in [0.5, 0.6) is 5.75 Å². The predicted octanol–water partition coefficient (Wildman–Crippen LogP) is 5.37. The minimum absolute atomic E-state index is 0.175. The van der Waals surface area contributed by atoms with Crippen molar-refractivity contribution in [2.45, 2.75) is 50.6 Å². The number of carbonyl (C=O) groups excluding carboxylic acids is 1. The summed E-state index contributed by atoms with van der Waals surface area (Å²) in [6.45, 7) is 6.55. The van der Waals surface area contributed by atoms with Gasteiger partial charge >= 0.3 is 5.97 Å². The summed E-state index contributed by atoms with van der Waals surface area (Å²) in [5.41, 5.74) is 0.525. The number of carboxylic acids is 1. The fourth-order valence-electron chi connectivity index (χ4n) is 5.44. The molecule has 0 aliphatic carbocycles. The van der Waals surface area contributed by atoms with Crippen LogP contribution >= 0.6 is 11.3 Å². The Morgan fingerprint density at radius 3 is 2.46 bits per heavy atom. The molecule has 0 spiro atoms. The summed E-state index contributed by atoms with van der Waals surface area (Å²) in [6, 6.07) is 14.3. The first kappa shape index (κ1) is 26.8. The van der Waals surface area contributed by atoms with Crippen molar-refractivity contribution in [2.24, 2.45) is 5.92 Å². The lowest BCUT2D eigenvalue weighted by molar-refractivity contribution is -0.149. The van der Waals surface area contributed by atoms with Crippen LogP contribution in [0, 0.1) is 5.92 Å². The number of thiazole rings is 1. The molecule has 2 heterocycles. The van der Waals surface area contributed by atoms with Crippen molar-refractivity contribution in [1.82, 2.24) is 9.88 Å². The first-order chi connectivity index (χ1) is 17.6. The molecule has 4 rings (SSSR count). The van der Waals surface area contributed by atoms with Crippen LogP contribution < -0.4 is 4.74 Å². The van der Waals surface area contributed by atoms with Crippen molar-refractivity contribution < 1.29 is 24.2 Å². The fourth-order valence-corrected chi connectivity index (χ4v) is 6.26. The number of benzene rings is 2. The quantitative estimate of drug-likeness (QED) is 0.428. The molecule has 37 heavy (non-hydrogen) atoms. The Morgan fingerprint density at radius 1 is 1.16 bits per heavy atom. The highest BCUT2D eigenvalue weighted by Gasteiger charge is 2.59. The third-order valence-electron chi connectivity index (χ3n) is 7.08. The molecule has 1 amide bonds. The molecule has 1 fully saturated rings. The van der Waals surface area contributed by atoms with E-state index in [4.69, 9.17) is 9.47 Å². The number of rotatable bonds is 8. The Morgan fingerprint density at radius 2 is 1.89 bits per heavy atom. The van der Waals surface area contributed by atoms with Crippen LogP contribution in [0.1, 0.15) is 59.7 Å². The number of aliphatic carboxylic acids is 1. The highest BCUT2D eigenvalue weighted by molar-refractivity contribution is 7.09. The van der Waals surface area contributed by atoms with Gasteiger partial charge in [0.05, 0.1) is 19.8 Å². The molecule has 1 N–H and O–H groups in total. The standard InChI is InChI=1S/C29H34N2O5S/c1-28(2,3)22-12-11-20(15-23(22)36-5)26(32)31-24(25-30-13-14-37-25)21(18-35-4)17-29(31,27(33)34)16-19-9-7-6-8-10-19/h6-15,21,24H,16-18H2,1-5H3,(H,33,34)/t21-,24-,29+/m1/s1. The van der Waals surface area contributed by atoms with Gasteiger partial charge in [-0.2, -0.15) is 0 Å². The van der Waals surface area contributed by atoms with Crippen LogP contribution in [0.4, 0.5) is 0 Å². The average molecular weight is 523 g/mol. The first-order valence-electron chi connectivity index (χ1n) is 12.3. The van der Waals surface area contributed by atoms with E-state index in [2.05, 4.69) is 25.8 Å². The molecule has 196 valence electrons. The molecule has 2 aromatic carbocycles. The number of methoxy groups -OCH3 is 2. The minimum Gasteiger partial charge on any atom is -0.496 e. The van der Waals surface area contributed by atoms with Crippen LogP contribution in [-0.4, -0.2) is 53.2 Å². The number of nitrogens with zero attached hydrogens (tertiary/aromatic N) is 2. The number of carbonyl (C=O) groups is 2. The zero-order valence-electron chi connectivity index (χ0n) is 21.9. The Bertz CT molecular complexity index is 1240. The lowest BCUT2D eigenvalue weighted by Gasteiger charge is -2.38. The molecule has 0 radical (unpaired) electrons. The summed E-state index contributed by atoms with van der Waals surface area (Å²) >= 11 is 1.42. The van der Waals surface area contributed by atoms with Crippen molar-refractivity contribution >= 4 is 23.2 Å². The van der Waals surface area contributed by atoms with Crippen molar-refractivity contribution in [2.75, 3.05) is 20.8 Å². The van der Waals surface area contributed by atoms with E-state index in [1.54, 1.807) is 37.4 Å². The van der Waals surface area contributed by atoms with E-state index < -0.39 is 17.6 Å². The molecule has 0 unspecified atom stereocenters. The highest BCUT2D eigenvalue weighted by Crippen LogP contribution is 2.50. The van der Waals surface area contributed by atoms with Crippen LogP contribution in [0.3, 0.4) is 0 Å². The number of carboxylic acid groups (broad SMARTS) is 1. The number of aromatic nitrogens is 1. The van der Waals surface area contributed by atoms with Gasteiger partial charge in [-0.05, 0) is 35.1 Å². The van der Waals surface area contributed by atoms with Gasteiger partial charge in [0, 0.05) is 36.6 Å². The summed E-state index contributed by atoms with van der Waals surface area (Å²) in [5, 5.41) is 13.3. The Balaban J connectivity index is 1.89. The van der Waals surface area contributed by atoms with Gasteiger partial charge in [0.1, 0.15) is 16.3 Å². The summed E-state index contributed by atoms with van der Waals surface area (Å²) in [7, 11) is 3.18.